The first kappa shape index (κ1) is 12.1. The van der Waals surface area contributed by atoms with Crippen LogP contribution in [0, 0.1) is 0 Å². The normalized spacial score (nSPS) is 23.0. The van der Waals surface area contributed by atoms with Gasteiger partial charge in [-0.25, -0.2) is 9.97 Å². The monoisotopic (exact) mass is 247 g/mol. The summed E-state index contributed by atoms with van der Waals surface area (Å²) in [6.07, 6.45) is 9.15. The van der Waals surface area contributed by atoms with Crippen LogP contribution in [-0.4, -0.2) is 29.2 Å². The minimum Gasteiger partial charge on any atom is -0.378 e. The van der Waals surface area contributed by atoms with Gasteiger partial charge in [0, 0.05) is 43.1 Å². The maximum absolute atomic E-state index is 5.66. The lowest BCUT2D eigenvalue weighted by atomic mass is 10.0. The third-order valence-corrected chi connectivity index (χ3v) is 3.93. The summed E-state index contributed by atoms with van der Waals surface area (Å²) in [4.78, 5) is 8.85. The summed E-state index contributed by atoms with van der Waals surface area (Å²) in [7, 11) is 0. The van der Waals surface area contributed by atoms with Crippen molar-refractivity contribution in [1.29, 1.82) is 0 Å². The fourth-order valence-corrected chi connectivity index (χ4v) is 2.91. The van der Waals surface area contributed by atoms with Crippen LogP contribution in [-0.2, 0) is 24.1 Å². The number of aryl methyl sites for hydroxylation is 1. The van der Waals surface area contributed by atoms with Crippen LogP contribution in [0.25, 0.3) is 0 Å². The molecule has 3 heterocycles. The Labute approximate surface area is 108 Å². The molecule has 1 atom stereocenters. The van der Waals surface area contributed by atoms with Crippen molar-refractivity contribution in [1.82, 2.24) is 15.3 Å². The summed E-state index contributed by atoms with van der Waals surface area (Å²) < 4.78 is 5.66. The van der Waals surface area contributed by atoms with Crippen molar-refractivity contribution in [2.24, 2.45) is 0 Å². The number of nitrogens with zero attached hydrogens (tertiary/aromatic N) is 2. The predicted octanol–water partition coefficient (Wildman–Crippen LogP) is 1.62. The van der Waals surface area contributed by atoms with Crippen molar-refractivity contribution in [2.45, 2.75) is 51.2 Å². The molecule has 0 saturated carbocycles. The average molecular weight is 247 g/mol. The molecule has 3 rings (SSSR count). The lowest BCUT2D eigenvalue weighted by Gasteiger charge is -2.18. The Bertz CT molecular complexity index is 402. The van der Waals surface area contributed by atoms with E-state index < -0.39 is 0 Å². The van der Waals surface area contributed by atoms with Crippen LogP contribution in [0.15, 0.2) is 6.33 Å². The second-order valence-electron chi connectivity index (χ2n) is 5.20. The molecule has 0 aromatic carbocycles. The molecule has 2 aliphatic rings. The highest BCUT2D eigenvalue weighted by molar-refractivity contribution is 5.26. The van der Waals surface area contributed by atoms with Gasteiger partial charge >= 0.3 is 0 Å². The van der Waals surface area contributed by atoms with Crippen molar-refractivity contribution in [3.63, 3.8) is 0 Å². The van der Waals surface area contributed by atoms with Crippen LogP contribution in [0.2, 0.25) is 0 Å². The fraction of sp³-hybridized carbons (Fsp3) is 0.714. The van der Waals surface area contributed by atoms with Gasteiger partial charge in [-0.3, -0.25) is 0 Å². The largest absolute Gasteiger partial charge is 0.378 e. The third-order valence-electron chi connectivity index (χ3n) is 3.93. The molecule has 1 N–H and O–H groups in total. The van der Waals surface area contributed by atoms with E-state index in [1.165, 1.54) is 42.6 Å². The summed E-state index contributed by atoms with van der Waals surface area (Å²) in [6, 6.07) is 0. The zero-order valence-electron chi connectivity index (χ0n) is 10.8. The lowest BCUT2D eigenvalue weighted by molar-refractivity contribution is 0.102. The first-order chi connectivity index (χ1) is 8.93. The Morgan fingerprint density at radius 3 is 3.28 bits per heavy atom. The highest BCUT2D eigenvalue weighted by atomic mass is 16.5. The first-order valence-electron chi connectivity index (χ1n) is 7.07. The number of aromatic nitrogens is 2. The second kappa shape index (κ2) is 5.76. The minimum absolute atomic E-state index is 0.501. The molecule has 4 nitrogen and oxygen atoms in total. The highest BCUT2D eigenvalue weighted by Gasteiger charge is 2.17. The van der Waals surface area contributed by atoms with Gasteiger partial charge in [0.1, 0.15) is 6.33 Å². The first-order valence-corrected chi connectivity index (χ1v) is 7.07. The molecular formula is C14H21N3O. The minimum atomic E-state index is 0.501. The van der Waals surface area contributed by atoms with Gasteiger partial charge in [0.25, 0.3) is 0 Å². The fourth-order valence-electron chi connectivity index (χ4n) is 2.91. The van der Waals surface area contributed by atoms with E-state index in [2.05, 4.69) is 15.3 Å². The SMILES string of the molecule is c1nc(CCCC2CCCO2)c2c(n1)CCNC2. The van der Waals surface area contributed by atoms with Crippen LogP contribution in [0.3, 0.4) is 0 Å². The quantitative estimate of drug-likeness (QED) is 0.878. The molecule has 0 bridgehead atoms. The van der Waals surface area contributed by atoms with E-state index in [9.17, 15) is 0 Å². The van der Waals surface area contributed by atoms with Gasteiger partial charge in [-0.05, 0) is 32.1 Å². The maximum atomic E-state index is 5.66. The zero-order chi connectivity index (χ0) is 12.2. The topological polar surface area (TPSA) is 47.0 Å². The van der Waals surface area contributed by atoms with E-state index in [4.69, 9.17) is 4.74 Å². The number of fused-ring (bicyclic) bond motifs is 1. The van der Waals surface area contributed by atoms with Crippen LogP contribution in [0.4, 0.5) is 0 Å². The van der Waals surface area contributed by atoms with Crippen molar-refractivity contribution < 1.29 is 4.74 Å². The van der Waals surface area contributed by atoms with Gasteiger partial charge in [0.05, 0.1) is 6.10 Å². The van der Waals surface area contributed by atoms with Crippen molar-refractivity contribution >= 4 is 0 Å². The highest BCUT2D eigenvalue weighted by Crippen LogP contribution is 2.20. The van der Waals surface area contributed by atoms with Crippen LogP contribution in [0.5, 0.6) is 0 Å². The van der Waals surface area contributed by atoms with E-state index in [0.717, 1.165) is 32.5 Å². The summed E-state index contributed by atoms with van der Waals surface area (Å²) in [5.74, 6) is 0. The number of ether oxygens (including phenoxy) is 1. The van der Waals surface area contributed by atoms with Crippen molar-refractivity contribution in [2.75, 3.05) is 13.2 Å². The number of hydrogen-bond donors (Lipinski definition) is 1. The number of rotatable bonds is 4. The number of hydrogen-bond acceptors (Lipinski definition) is 4. The molecule has 98 valence electrons. The molecule has 0 spiro atoms. The van der Waals surface area contributed by atoms with Crippen molar-refractivity contribution in [3.05, 3.63) is 23.3 Å². The van der Waals surface area contributed by atoms with Crippen LogP contribution < -0.4 is 5.32 Å². The van der Waals surface area contributed by atoms with Crippen LogP contribution in [0.1, 0.15) is 42.6 Å². The molecule has 4 heteroatoms. The molecule has 1 unspecified atom stereocenters. The van der Waals surface area contributed by atoms with Gasteiger partial charge in [0.15, 0.2) is 0 Å². The molecule has 0 aliphatic carbocycles. The molecule has 2 aliphatic heterocycles. The van der Waals surface area contributed by atoms with Gasteiger partial charge in [0.2, 0.25) is 0 Å². The van der Waals surface area contributed by atoms with E-state index in [1.54, 1.807) is 6.33 Å². The Kier molecular flexibility index (Phi) is 3.86. The summed E-state index contributed by atoms with van der Waals surface area (Å²) in [6.45, 7) is 2.93. The smallest absolute Gasteiger partial charge is 0.115 e. The third kappa shape index (κ3) is 2.70. The van der Waals surface area contributed by atoms with E-state index in [-0.39, 0.29) is 0 Å². The molecule has 1 saturated heterocycles. The molecule has 1 aromatic rings. The van der Waals surface area contributed by atoms with Gasteiger partial charge in [-0.15, -0.1) is 0 Å². The van der Waals surface area contributed by atoms with Crippen LogP contribution >= 0.6 is 0 Å². The van der Waals surface area contributed by atoms with E-state index in [0.29, 0.717) is 6.10 Å². The second-order valence-corrected chi connectivity index (χ2v) is 5.20. The number of nitrogens with one attached hydrogen (secondary N) is 1. The summed E-state index contributed by atoms with van der Waals surface area (Å²) in [5.41, 5.74) is 3.83. The maximum Gasteiger partial charge on any atom is 0.115 e. The Balaban J connectivity index is 1.58. The molecule has 0 amide bonds. The Hall–Kier alpha value is -1.00. The molecule has 1 fully saturated rings. The van der Waals surface area contributed by atoms with Crippen molar-refractivity contribution in [3.8, 4) is 0 Å². The van der Waals surface area contributed by atoms with Gasteiger partial charge in [-0.2, -0.15) is 0 Å². The molecular weight excluding hydrogens is 226 g/mol. The zero-order valence-corrected chi connectivity index (χ0v) is 10.8. The summed E-state index contributed by atoms with van der Waals surface area (Å²) >= 11 is 0. The molecule has 1 aromatic heterocycles. The summed E-state index contributed by atoms with van der Waals surface area (Å²) in [5, 5.41) is 3.41. The standard InChI is InChI=1S/C14H21N3O/c1(3-11-4-2-8-18-11)5-13-12-9-15-7-6-14(12)17-10-16-13/h10-11,15H,1-9H2. The lowest BCUT2D eigenvalue weighted by Crippen LogP contribution is -2.26. The Morgan fingerprint density at radius 1 is 1.39 bits per heavy atom. The van der Waals surface area contributed by atoms with Gasteiger partial charge < -0.3 is 10.1 Å². The Morgan fingerprint density at radius 2 is 2.39 bits per heavy atom. The van der Waals surface area contributed by atoms with E-state index >= 15 is 0 Å². The van der Waals surface area contributed by atoms with Gasteiger partial charge in [-0.1, -0.05) is 0 Å². The van der Waals surface area contributed by atoms with E-state index in [1.807, 2.05) is 0 Å². The average Bonchev–Trinajstić information content (AvgIpc) is 2.92. The predicted molar refractivity (Wildman–Crippen MR) is 69.4 cm³/mol. The molecule has 0 radical (unpaired) electrons. The molecule has 18 heavy (non-hydrogen) atoms.